The summed E-state index contributed by atoms with van der Waals surface area (Å²) < 4.78 is 27.0. The van der Waals surface area contributed by atoms with Crippen LogP contribution in [0.4, 0.5) is 14.5 Å². The van der Waals surface area contributed by atoms with Crippen LogP contribution in [-0.4, -0.2) is 40.4 Å². The molecule has 2 aromatic carbocycles. The zero-order chi connectivity index (χ0) is 21.7. The summed E-state index contributed by atoms with van der Waals surface area (Å²) in [6.45, 7) is 0.434. The van der Waals surface area contributed by atoms with Crippen molar-refractivity contribution in [3.63, 3.8) is 0 Å². The monoisotopic (exact) mass is 444 g/mol. The van der Waals surface area contributed by atoms with E-state index in [1.165, 1.54) is 12.1 Å². The molecule has 0 aliphatic heterocycles. The second-order valence-corrected chi connectivity index (χ2v) is 6.90. The standard InChI is InChI=1S/C19H16Cl2F2N2O4/c1-10(26)25(9-17(27)24-18-13(20)3-2-4-14(18)21)16(19(28)29)7-11-5-6-12(22)8-15(11)23/h2-6,8,16H,7,9H2,1H3,(H,24,27)(H,28,29). The average molecular weight is 445 g/mol. The zero-order valence-electron chi connectivity index (χ0n) is 15.1. The summed E-state index contributed by atoms with van der Waals surface area (Å²) >= 11 is 12.0. The molecule has 2 aromatic rings. The van der Waals surface area contributed by atoms with Crippen LogP contribution in [0.2, 0.25) is 10.0 Å². The summed E-state index contributed by atoms with van der Waals surface area (Å²) in [6, 6.07) is 5.66. The molecule has 6 nitrogen and oxygen atoms in total. The number of carboxylic acid groups (broad SMARTS) is 1. The van der Waals surface area contributed by atoms with Gasteiger partial charge in [0.2, 0.25) is 11.8 Å². The number of nitrogens with zero attached hydrogens (tertiary/aromatic N) is 1. The van der Waals surface area contributed by atoms with E-state index >= 15 is 0 Å². The van der Waals surface area contributed by atoms with Crippen molar-refractivity contribution in [3.05, 3.63) is 63.6 Å². The molecule has 1 unspecified atom stereocenters. The van der Waals surface area contributed by atoms with Gasteiger partial charge in [-0.2, -0.15) is 0 Å². The highest BCUT2D eigenvalue weighted by atomic mass is 35.5. The number of carbonyl (C=O) groups is 3. The zero-order valence-corrected chi connectivity index (χ0v) is 16.6. The number of amides is 2. The van der Waals surface area contributed by atoms with E-state index in [9.17, 15) is 28.3 Å². The molecule has 10 heteroatoms. The van der Waals surface area contributed by atoms with Gasteiger partial charge >= 0.3 is 5.97 Å². The number of hydrogen-bond donors (Lipinski definition) is 2. The van der Waals surface area contributed by atoms with Crippen molar-refractivity contribution in [1.82, 2.24) is 4.90 Å². The first-order valence-electron chi connectivity index (χ1n) is 8.28. The first-order valence-corrected chi connectivity index (χ1v) is 9.03. The van der Waals surface area contributed by atoms with E-state index in [0.29, 0.717) is 6.07 Å². The van der Waals surface area contributed by atoms with Gasteiger partial charge in [-0.25, -0.2) is 13.6 Å². The van der Waals surface area contributed by atoms with Crippen LogP contribution in [0.25, 0.3) is 0 Å². The normalized spacial score (nSPS) is 11.6. The van der Waals surface area contributed by atoms with E-state index in [4.69, 9.17) is 23.2 Å². The lowest BCUT2D eigenvalue weighted by Gasteiger charge is -2.27. The van der Waals surface area contributed by atoms with Crippen molar-refractivity contribution < 1.29 is 28.3 Å². The summed E-state index contributed by atoms with van der Waals surface area (Å²) in [4.78, 5) is 36.9. The fourth-order valence-corrected chi connectivity index (χ4v) is 3.11. The molecule has 0 bridgehead atoms. The van der Waals surface area contributed by atoms with Crippen LogP contribution in [0.15, 0.2) is 36.4 Å². The smallest absolute Gasteiger partial charge is 0.326 e. The van der Waals surface area contributed by atoms with Gasteiger partial charge in [-0.1, -0.05) is 35.3 Å². The van der Waals surface area contributed by atoms with Crippen LogP contribution in [0, 0.1) is 11.6 Å². The number of carbonyl (C=O) groups excluding carboxylic acids is 2. The minimum Gasteiger partial charge on any atom is -0.480 e. The number of rotatable bonds is 7. The summed E-state index contributed by atoms with van der Waals surface area (Å²) in [5.74, 6) is -4.70. The minimum atomic E-state index is -1.56. The molecule has 0 heterocycles. The fourth-order valence-electron chi connectivity index (χ4n) is 2.62. The first kappa shape index (κ1) is 22.6. The van der Waals surface area contributed by atoms with Crippen molar-refractivity contribution in [1.29, 1.82) is 0 Å². The number of halogens is 4. The second kappa shape index (κ2) is 9.67. The Morgan fingerprint density at radius 3 is 2.28 bits per heavy atom. The molecule has 0 saturated carbocycles. The number of aliphatic carboxylic acids is 1. The van der Waals surface area contributed by atoms with Crippen LogP contribution in [0.1, 0.15) is 12.5 Å². The molecular formula is C19H16Cl2F2N2O4. The van der Waals surface area contributed by atoms with E-state index in [2.05, 4.69) is 5.32 Å². The van der Waals surface area contributed by atoms with Gasteiger partial charge in [0.25, 0.3) is 0 Å². The number of carboxylic acids is 1. The maximum atomic E-state index is 13.9. The first-order chi connectivity index (χ1) is 13.6. The largest absolute Gasteiger partial charge is 0.480 e. The molecule has 0 fully saturated rings. The third-order valence-electron chi connectivity index (χ3n) is 4.04. The predicted molar refractivity (Wildman–Crippen MR) is 104 cm³/mol. The molecular weight excluding hydrogens is 429 g/mol. The highest BCUT2D eigenvalue weighted by Gasteiger charge is 2.30. The fraction of sp³-hybridized carbons (Fsp3) is 0.211. The van der Waals surface area contributed by atoms with Crippen LogP contribution >= 0.6 is 23.2 Å². The Bertz CT molecular complexity index is 936. The number of benzene rings is 2. The Balaban J connectivity index is 2.23. The van der Waals surface area contributed by atoms with E-state index in [-0.39, 0.29) is 21.3 Å². The molecule has 154 valence electrons. The molecule has 0 aliphatic carbocycles. The number of hydrogen-bond acceptors (Lipinski definition) is 3. The van der Waals surface area contributed by atoms with Gasteiger partial charge in [0.1, 0.15) is 24.2 Å². The van der Waals surface area contributed by atoms with Crippen molar-refractivity contribution >= 4 is 46.7 Å². The van der Waals surface area contributed by atoms with Crippen molar-refractivity contribution in [2.24, 2.45) is 0 Å². The van der Waals surface area contributed by atoms with Gasteiger partial charge in [-0.05, 0) is 23.8 Å². The lowest BCUT2D eigenvalue weighted by atomic mass is 10.0. The van der Waals surface area contributed by atoms with Crippen molar-refractivity contribution in [2.75, 3.05) is 11.9 Å². The molecule has 0 aromatic heterocycles. The number of anilines is 1. The highest BCUT2D eigenvalue weighted by Crippen LogP contribution is 2.29. The average Bonchev–Trinajstić information content (AvgIpc) is 2.62. The van der Waals surface area contributed by atoms with Crippen LogP contribution in [0.5, 0.6) is 0 Å². The van der Waals surface area contributed by atoms with Gasteiger partial charge in [-0.3, -0.25) is 9.59 Å². The summed E-state index contributed by atoms with van der Waals surface area (Å²) in [7, 11) is 0. The third-order valence-corrected chi connectivity index (χ3v) is 4.67. The molecule has 2 amide bonds. The molecule has 0 radical (unpaired) electrons. The van der Waals surface area contributed by atoms with Crippen LogP contribution in [0.3, 0.4) is 0 Å². The Hall–Kier alpha value is -2.71. The molecule has 1 atom stereocenters. The van der Waals surface area contributed by atoms with E-state index in [1.807, 2.05) is 0 Å². The summed E-state index contributed by atoms with van der Waals surface area (Å²) in [5.41, 5.74) is 0.000367. The lowest BCUT2D eigenvalue weighted by Crippen LogP contribution is -2.49. The van der Waals surface area contributed by atoms with Crippen molar-refractivity contribution in [2.45, 2.75) is 19.4 Å². The van der Waals surface area contributed by atoms with E-state index in [1.54, 1.807) is 6.07 Å². The van der Waals surface area contributed by atoms with Gasteiger partial charge in [-0.15, -0.1) is 0 Å². The molecule has 0 spiro atoms. The maximum absolute atomic E-state index is 13.9. The van der Waals surface area contributed by atoms with Crippen molar-refractivity contribution in [3.8, 4) is 0 Å². The summed E-state index contributed by atoms with van der Waals surface area (Å²) in [6.07, 6.45) is -0.457. The highest BCUT2D eigenvalue weighted by molar-refractivity contribution is 6.39. The van der Waals surface area contributed by atoms with Gasteiger partial charge < -0.3 is 15.3 Å². The second-order valence-electron chi connectivity index (χ2n) is 6.09. The minimum absolute atomic E-state index is 0.111. The Kier molecular flexibility index (Phi) is 7.53. The Labute approximate surface area is 175 Å². The molecule has 2 N–H and O–H groups in total. The predicted octanol–water partition coefficient (Wildman–Crippen LogP) is 3.75. The van der Waals surface area contributed by atoms with E-state index in [0.717, 1.165) is 24.0 Å². The van der Waals surface area contributed by atoms with Gasteiger partial charge in [0.15, 0.2) is 0 Å². The lowest BCUT2D eigenvalue weighted by molar-refractivity contribution is -0.150. The number of para-hydroxylation sites is 1. The molecule has 0 saturated heterocycles. The number of nitrogens with one attached hydrogen (secondary N) is 1. The quantitative estimate of drug-likeness (QED) is 0.680. The van der Waals surface area contributed by atoms with E-state index < -0.39 is 48.4 Å². The molecule has 0 aliphatic rings. The molecule has 29 heavy (non-hydrogen) atoms. The van der Waals surface area contributed by atoms with Gasteiger partial charge in [0, 0.05) is 19.4 Å². The maximum Gasteiger partial charge on any atom is 0.326 e. The Morgan fingerprint density at radius 1 is 1.14 bits per heavy atom. The van der Waals surface area contributed by atoms with Gasteiger partial charge in [0.05, 0.1) is 15.7 Å². The third kappa shape index (κ3) is 5.88. The summed E-state index contributed by atoms with van der Waals surface area (Å²) in [5, 5.41) is 12.3. The SMILES string of the molecule is CC(=O)N(CC(=O)Nc1c(Cl)cccc1Cl)C(Cc1ccc(F)cc1F)C(=O)O. The topological polar surface area (TPSA) is 86.7 Å². The van der Waals surface area contributed by atoms with Crippen LogP contribution < -0.4 is 5.32 Å². The van der Waals surface area contributed by atoms with Crippen LogP contribution in [-0.2, 0) is 20.8 Å². The Morgan fingerprint density at radius 2 is 1.76 bits per heavy atom. The molecule has 2 rings (SSSR count).